The molecule has 30 heavy (non-hydrogen) atoms. The SMILES string of the molecule is CCNC(=O)Cc1c(C)n(C(=O)c2ccc(OC(F)F)cc2)c2cc(F)c(O)cc12. The van der Waals surface area contributed by atoms with Crippen LogP contribution in [0.3, 0.4) is 0 Å². The largest absolute Gasteiger partial charge is 0.505 e. The first-order chi connectivity index (χ1) is 14.2. The predicted molar refractivity (Wildman–Crippen MR) is 103 cm³/mol. The van der Waals surface area contributed by atoms with Crippen LogP contribution in [0.15, 0.2) is 36.4 Å². The summed E-state index contributed by atoms with van der Waals surface area (Å²) in [6.45, 7) is 0.799. The van der Waals surface area contributed by atoms with Gasteiger partial charge in [0.15, 0.2) is 11.6 Å². The Hall–Kier alpha value is -3.49. The number of nitrogens with zero attached hydrogens (tertiary/aromatic N) is 1. The predicted octanol–water partition coefficient (Wildman–Crippen LogP) is 3.76. The zero-order valence-corrected chi connectivity index (χ0v) is 16.2. The van der Waals surface area contributed by atoms with E-state index in [-0.39, 0.29) is 29.2 Å². The van der Waals surface area contributed by atoms with E-state index in [9.17, 15) is 27.9 Å². The number of fused-ring (bicyclic) bond motifs is 1. The maximum Gasteiger partial charge on any atom is 0.387 e. The van der Waals surface area contributed by atoms with Crippen LogP contribution < -0.4 is 10.1 Å². The molecule has 2 N–H and O–H groups in total. The maximum absolute atomic E-state index is 14.1. The van der Waals surface area contributed by atoms with Crippen molar-refractivity contribution in [2.75, 3.05) is 6.54 Å². The minimum atomic E-state index is -2.99. The van der Waals surface area contributed by atoms with Crippen molar-refractivity contribution in [2.45, 2.75) is 26.9 Å². The van der Waals surface area contributed by atoms with Crippen LogP contribution in [0.5, 0.6) is 11.5 Å². The molecule has 0 radical (unpaired) electrons. The summed E-state index contributed by atoms with van der Waals surface area (Å²) in [6.07, 6.45) is -0.0668. The first kappa shape index (κ1) is 21.2. The molecule has 0 unspecified atom stereocenters. The van der Waals surface area contributed by atoms with Crippen LogP contribution in [0.1, 0.15) is 28.5 Å². The second-order valence-corrected chi connectivity index (χ2v) is 6.56. The zero-order chi connectivity index (χ0) is 22.0. The third kappa shape index (κ3) is 4.10. The van der Waals surface area contributed by atoms with Crippen molar-refractivity contribution in [1.29, 1.82) is 0 Å². The second kappa shape index (κ2) is 8.48. The number of nitrogens with one attached hydrogen (secondary N) is 1. The molecule has 6 nitrogen and oxygen atoms in total. The van der Waals surface area contributed by atoms with Crippen LogP contribution in [-0.4, -0.2) is 34.6 Å². The van der Waals surface area contributed by atoms with Gasteiger partial charge in [0.25, 0.3) is 5.91 Å². The van der Waals surface area contributed by atoms with Crippen molar-refractivity contribution in [3.63, 3.8) is 0 Å². The van der Waals surface area contributed by atoms with Crippen molar-refractivity contribution in [2.24, 2.45) is 0 Å². The first-order valence-electron chi connectivity index (χ1n) is 9.11. The first-order valence-corrected chi connectivity index (χ1v) is 9.11. The number of alkyl halides is 2. The third-order valence-electron chi connectivity index (χ3n) is 4.64. The van der Waals surface area contributed by atoms with Crippen molar-refractivity contribution in [3.05, 3.63) is 59.0 Å². The third-order valence-corrected chi connectivity index (χ3v) is 4.64. The number of aromatic hydroxyl groups is 1. The van der Waals surface area contributed by atoms with E-state index >= 15 is 0 Å². The maximum atomic E-state index is 14.1. The van der Waals surface area contributed by atoms with Crippen molar-refractivity contribution < 1.29 is 32.6 Å². The van der Waals surface area contributed by atoms with Gasteiger partial charge in [0.2, 0.25) is 5.91 Å². The number of ether oxygens (including phenoxy) is 1. The van der Waals surface area contributed by atoms with Gasteiger partial charge in [-0.05, 0) is 49.7 Å². The topological polar surface area (TPSA) is 80.6 Å². The monoisotopic (exact) mass is 420 g/mol. The molecule has 0 saturated heterocycles. The summed E-state index contributed by atoms with van der Waals surface area (Å²) in [6, 6.07) is 7.27. The van der Waals surface area contributed by atoms with Crippen molar-refractivity contribution in [3.8, 4) is 11.5 Å². The summed E-state index contributed by atoms with van der Waals surface area (Å²) in [4.78, 5) is 25.2. The van der Waals surface area contributed by atoms with Crippen LogP contribution in [-0.2, 0) is 11.2 Å². The van der Waals surface area contributed by atoms with E-state index in [2.05, 4.69) is 10.1 Å². The molecule has 9 heteroatoms. The average Bonchev–Trinajstić information content (AvgIpc) is 2.93. The molecule has 0 fully saturated rings. The molecule has 3 aromatic rings. The Kier molecular flexibility index (Phi) is 6.00. The number of carbonyl (C=O) groups excluding carboxylic acids is 2. The molecular formula is C21H19F3N2O4. The lowest BCUT2D eigenvalue weighted by Gasteiger charge is -2.09. The fraction of sp³-hybridized carbons (Fsp3) is 0.238. The van der Waals surface area contributed by atoms with Gasteiger partial charge >= 0.3 is 6.61 Å². The van der Waals surface area contributed by atoms with E-state index < -0.39 is 24.1 Å². The highest BCUT2D eigenvalue weighted by Crippen LogP contribution is 2.32. The number of rotatable bonds is 6. The molecule has 158 valence electrons. The molecule has 2 aromatic carbocycles. The van der Waals surface area contributed by atoms with Crippen LogP contribution in [0, 0.1) is 12.7 Å². The second-order valence-electron chi connectivity index (χ2n) is 6.56. The molecule has 0 aliphatic carbocycles. The van der Waals surface area contributed by atoms with E-state index in [1.54, 1.807) is 13.8 Å². The Balaban J connectivity index is 2.10. The van der Waals surface area contributed by atoms with Crippen LogP contribution in [0.2, 0.25) is 0 Å². The van der Waals surface area contributed by atoms with E-state index in [1.165, 1.54) is 34.9 Å². The Morgan fingerprint density at radius 3 is 2.47 bits per heavy atom. The van der Waals surface area contributed by atoms with Crippen LogP contribution in [0.4, 0.5) is 13.2 Å². The molecule has 1 amide bonds. The number of benzene rings is 2. The Morgan fingerprint density at radius 2 is 1.87 bits per heavy atom. The van der Waals surface area contributed by atoms with Gasteiger partial charge in [0.1, 0.15) is 5.75 Å². The highest BCUT2D eigenvalue weighted by molar-refractivity contribution is 6.05. The summed E-state index contributed by atoms with van der Waals surface area (Å²) in [7, 11) is 0. The Labute approximate surface area is 169 Å². The molecule has 0 atom stereocenters. The van der Waals surface area contributed by atoms with Gasteiger partial charge in [-0.1, -0.05) is 0 Å². The summed E-state index contributed by atoms with van der Waals surface area (Å²) >= 11 is 0. The number of aromatic nitrogens is 1. The lowest BCUT2D eigenvalue weighted by molar-refractivity contribution is -0.120. The summed E-state index contributed by atoms with van der Waals surface area (Å²) in [5, 5.41) is 12.8. The molecule has 1 heterocycles. The lowest BCUT2D eigenvalue weighted by atomic mass is 10.1. The van der Waals surface area contributed by atoms with Crippen molar-refractivity contribution >= 4 is 22.7 Å². The highest BCUT2D eigenvalue weighted by atomic mass is 19.3. The molecular weight excluding hydrogens is 401 g/mol. The van der Waals surface area contributed by atoms with Gasteiger partial charge in [0.05, 0.1) is 11.9 Å². The molecule has 1 aromatic heterocycles. The van der Waals surface area contributed by atoms with E-state index in [1.807, 2.05) is 0 Å². The summed E-state index contributed by atoms with van der Waals surface area (Å²) in [5.74, 6) is -2.46. The average molecular weight is 420 g/mol. The lowest BCUT2D eigenvalue weighted by Crippen LogP contribution is -2.24. The normalized spacial score (nSPS) is 11.1. The Morgan fingerprint density at radius 1 is 1.20 bits per heavy atom. The number of phenols is 1. The quantitative estimate of drug-likeness (QED) is 0.636. The van der Waals surface area contributed by atoms with Gasteiger partial charge < -0.3 is 15.2 Å². The van der Waals surface area contributed by atoms with Crippen LogP contribution in [0.25, 0.3) is 10.9 Å². The summed E-state index contributed by atoms with van der Waals surface area (Å²) in [5.41, 5.74) is 1.20. The molecule has 0 aliphatic heterocycles. The molecule has 0 spiro atoms. The molecule has 0 saturated carbocycles. The number of hydrogen-bond donors (Lipinski definition) is 2. The minimum Gasteiger partial charge on any atom is -0.505 e. The van der Waals surface area contributed by atoms with Crippen molar-refractivity contribution in [1.82, 2.24) is 9.88 Å². The molecule has 0 aliphatic rings. The fourth-order valence-corrected chi connectivity index (χ4v) is 3.30. The van der Waals surface area contributed by atoms with Gasteiger partial charge in [-0.3, -0.25) is 14.2 Å². The molecule has 3 rings (SSSR count). The standard InChI is InChI=1S/C21H19F3N2O4/c1-3-25-19(28)9-14-11(2)26(17-10-16(22)18(27)8-15(14)17)20(29)12-4-6-13(7-5-12)30-21(23)24/h4-8,10,21,27H,3,9H2,1-2H3,(H,25,28). The summed E-state index contributed by atoms with van der Waals surface area (Å²) < 4.78 is 44.2. The van der Waals surface area contributed by atoms with Crippen LogP contribution >= 0.6 is 0 Å². The number of amides is 1. The minimum absolute atomic E-state index is 0.0668. The smallest absolute Gasteiger partial charge is 0.387 e. The molecule has 0 bridgehead atoms. The van der Waals surface area contributed by atoms with Gasteiger partial charge in [-0.2, -0.15) is 8.78 Å². The number of hydrogen-bond acceptors (Lipinski definition) is 4. The zero-order valence-electron chi connectivity index (χ0n) is 16.2. The fourth-order valence-electron chi connectivity index (χ4n) is 3.30. The van der Waals surface area contributed by atoms with E-state index in [0.29, 0.717) is 23.2 Å². The van der Waals surface area contributed by atoms with Gasteiger partial charge in [-0.15, -0.1) is 0 Å². The van der Waals surface area contributed by atoms with E-state index in [0.717, 1.165) is 6.07 Å². The highest BCUT2D eigenvalue weighted by Gasteiger charge is 2.23. The Bertz CT molecular complexity index is 1110. The number of carbonyl (C=O) groups is 2. The number of halogens is 3. The van der Waals surface area contributed by atoms with Gasteiger partial charge in [0, 0.05) is 29.3 Å². The number of phenolic OH excluding ortho intramolecular Hbond substituents is 1. The van der Waals surface area contributed by atoms with E-state index in [4.69, 9.17) is 0 Å². The number of likely N-dealkylation sites (N-methyl/N-ethyl adjacent to an activating group) is 1. The van der Waals surface area contributed by atoms with Gasteiger partial charge in [-0.25, -0.2) is 4.39 Å².